The third-order valence-corrected chi connectivity index (χ3v) is 6.97. The van der Waals surface area contributed by atoms with Gasteiger partial charge in [0.15, 0.2) is 0 Å². The van der Waals surface area contributed by atoms with Gasteiger partial charge in [-0.3, -0.25) is 0 Å². The van der Waals surface area contributed by atoms with Crippen LogP contribution >= 0.6 is 0 Å². The zero-order valence-electron chi connectivity index (χ0n) is 15.5. The smallest absolute Gasteiger partial charge is 0.00243 e. The third-order valence-electron chi connectivity index (χ3n) is 6.97. The van der Waals surface area contributed by atoms with Crippen molar-refractivity contribution < 1.29 is 0 Å². The van der Waals surface area contributed by atoms with Crippen molar-refractivity contribution in [2.75, 3.05) is 0 Å². The van der Waals surface area contributed by atoms with Crippen LogP contribution in [0.3, 0.4) is 0 Å². The summed E-state index contributed by atoms with van der Waals surface area (Å²) in [5, 5.41) is 0. The van der Waals surface area contributed by atoms with Gasteiger partial charge >= 0.3 is 0 Å². The Morgan fingerprint density at radius 3 is 1.84 bits per heavy atom. The van der Waals surface area contributed by atoms with Gasteiger partial charge in [0.25, 0.3) is 0 Å². The van der Waals surface area contributed by atoms with E-state index in [0.29, 0.717) is 11.3 Å². The first-order valence-corrected chi connectivity index (χ1v) is 10.5. The zero-order chi connectivity index (χ0) is 17.0. The first-order chi connectivity index (χ1) is 12.4. The van der Waals surface area contributed by atoms with Crippen molar-refractivity contribution in [2.24, 2.45) is 5.92 Å². The summed E-state index contributed by atoms with van der Waals surface area (Å²) in [6, 6.07) is 23.1. The largest absolute Gasteiger partial charge is 0.0622 e. The third kappa shape index (κ3) is 3.41. The van der Waals surface area contributed by atoms with Crippen LogP contribution in [0.2, 0.25) is 0 Å². The number of hydrogen-bond donors (Lipinski definition) is 0. The molecule has 0 aromatic heterocycles. The Morgan fingerprint density at radius 2 is 1.20 bits per heavy atom. The molecule has 0 spiro atoms. The van der Waals surface area contributed by atoms with Gasteiger partial charge in [-0.15, -0.1) is 0 Å². The molecule has 0 aliphatic heterocycles. The summed E-state index contributed by atoms with van der Waals surface area (Å²) in [5.41, 5.74) is 3.55. The van der Waals surface area contributed by atoms with Gasteiger partial charge in [-0.05, 0) is 48.6 Å². The second-order valence-corrected chi connectivity index (χ2v) is 8.37. The summed E-state index contributed by atoms with van der Waals surface area (Å²) in [4.78, 5) is 0. The molecule has 0 amide bonds. The summed E-state index contributed by atoms with van der Waals surface area (Å²) >= 11 is 0. The molecular formula is C25H32. The average molecular weight is 333 g/mol. The van der Waals surface area contributed by atoms with E-state index in [1.165, 1.54) is 64.2 Å². The predicted octanol–water partition coefficient (Wildman–Crippen LogP) is 7.25. The highest BCUT2D eigenvalue weighted by Gasteiger charge is 2.45. The van der Waals surface area contributed by atoms with Gasteiger partial charge in [0.2, 0.25) is 0 Å². The van der Waals surface area contributed by atoms with Crippen molar-refractivity contribution >= 4 is 0 Å². The molecule has 0 radical (unpaired) electrons. The Bertz CT molecular complexity index is 630. The molecule has 0 nitrogen and oxygen atoms in total. The molecule has 2 fully saturated rings. The quantitative estimate of drug-likeness (QED) is 0.553. The fourth-order valence-electron chi connectivity index (χ4n) is 5.90. The molecule has 132 valence electrons. The highest BCUT2D eigenvalue weighted by atomic mass is 14.5. The molecule has 1 unspecified atom stereocenters. The highest BCUT2D eigenvalue weighted by Crippen LogP contribution is 2.54. The molecule has 0 N–H and O–H groups in total. The van der Waals surface area contributed by atoms with Crippen LogP contribution in [0, 0.1) is 5.92 Å². The van der Waals surface area contributed by atoms with Crippen LogP contribution in [0.25, 0.3) is 0 Å². The van der Waals surface area contributed by atoms with E-state index in [1.807, 2.05) is 0 Å². The Morgan fingerprint density at radius 1 is 0.640 bits per heavy atom. The Kier molecular flexibility index (Phi) is 5.25. The highest BCUT2D eigenvalue weighted by molar-refractivity contribution is 5.35. The molecule has 0 bridgehead atoms. The molecule has 2 aliphatic carbocycles. The molecular weight excluding hydrogens is 300 g/mol. The van der Waals surface area contributed by atoms with E-state index in [1.54, 1.807) is 11.1 Å². The van der Waals surface area contributed by atoms with E-state index in [4.69, 9.17) is 0 Å². The van der Waals surface area contributed by atoms with Gasteiger partial charge < -0.3 is 0 Å². The molecule has 0 heteroatoms. The average Bonchev–Trinajstić information content (AvgIpc) is 2.71. The summed E-state index contributed by atoms with van der Waals surface area (Å²) in [6.07, 6.45) is 14.1. The lowest BCUT2D eigenvalue weighted by Crippen LogP contribution is -2.40. The lowest BCUT2D eigenvalue weighted by molar-refractivity contribution is 0.162. The van der Waals surface area contributed by atoms with Crippen molar-refractivity contribution in [1.29, 1.82) is 0 Å². The Labute approximate surface area is 153 Å². The topological polar surface area (TPSA) is 0 Å². The fourth-order valence-corrected chi connectivity index (χ4v) is 5.90. The predicted molar refractivity (Wildman–Crippen MR) is 107 cm³/mol. The second-order valence-electron chi connectivity index (χ2n) is 8.37. The molecule has 2 aromatic carbocycles. The molecule has 2 aliphatic rings. The number of rotatable bonds is 4. The monoisotopic (exact) mass is 332 g/mol. The van der Waals surface area contributed by atoms with Crippen LogP contribution in [0.5, 0.6) is 0 Å². The van der Waals surface area contributed by atoms with Crippen LogP contribution in [-0.2, 0) is 5.41 Å². The number of hydrogen-bond acceptors (Lipinski definition) is 0. The normalized spacial score (nSPS) is 22.4. The first kappa shape index (κ1) is 16.9. The summed E-state index contributed by atoms with van der Waals surface area (Å²) in [5.74, 6) is 1.55. The SMILES string of the molecule is c1ccc(C(C2CCCCC2)C2(c3ccccc3)CCCCC2)cc1. The van der Waals surface area contributed by atoms with Gasteiger partial charge in [0, 0.05) is 5.41 Å². The fraction of sp³-hybridized carbons (Fsp3) is 0.520. The minimum atomic E-state index is 0.350. The standard InChI is InChI=1S/C25H32/c1-5-13-21(14-6-1)24(22-15-7-2-8-16-22)25(19-11-4-12-20-25)23-17-9-3-10-18-23/h1,3,5-6,9-10,13-14,17-18,22,24H,2,4,7-8,11-12,15-16,19-20H2. The maximum absolute atomic E-state index is 2.42. The van der Waals surface area contributed by atoms with Crippen LogP contribution in [0.15, 0.2) is 60.7 Å². The summed E-state index contributed by atoms with van der Waals surface area (Å²) in [7, 11) is 0. The van der Waals surface area contributed by atoms with E-state index in [-0.39, 0.29) is 0 Å². The minimum absolute atomic E-state index is 0.350. The Balaban J connectivity index is 1.81. The lowest BCUT2D eigenvalue weighted by Gasteiger charge is -2.49. The van der Waals surface area contributed by atoms with Crippen LogP contribution in [0.4, 0.5) is 0 Å². The summed E-state index contributed by atoms with van der Waals surface area (Å²) in [6.45, 7) is 0. The zero-order valence-corrected chi connectivity index (χ0v) is 15.5. The van der Waals surface area contributed by atoms with Crippen molar-refractivity contribution in [1.82, 2.24) is 0 Å². The van der Waals surface area contributed by atoms with Crippen LogP contribution in [0.1, 0.15) is 81.3 Å². The molecule has 0 saturated heterocycles. The van der Waals surface area contributed by atoms with E-state index in [9.17, 15) is 0 Å². The molecule has 4 rings (SSSR count). The minimum Gasteiger partial charge on any atom is -0.0622 e. The van der Waals surface area contributed by atoms with Crippen molar-refractivity contribution in [3.8, 4) is 0 Å². The molecule has 1 atom stereocenters. The summed E-state index contributed by atoms with van der Waals surface area (Å²) < 4.78 is 0. The molecule has 0 heterocycles. The van der Waals surface area contributed by atoms with E-state index in [0.717, 1.165) is 5.92 Å². The van der Waals surface area contributed by atoms with Gasteiger partial charge in [-0.25, -0.2) is 0 Å². The lowest BCUT2D eigenvalue weighted by atomic mass is 9.55. The van der Waals surface area contributed by atoms with Crippen molar-refractivity contribution in [3.63, 3.8) is 0 Å². The van der Waals surface area contributed by atoms with Crippen LogP contribution in [-0.4, -0.2) is 0 Å². The van der Waals surface area contributed by atoms with E-state index in [2.05, 4.69) is 60.7 Å². The molecule has 2 saturated carbocycles. The van der Waals surface area contributed by atoms with E-state index >= 15 is 0 Å². The van der Waals surface area contributed by atoms with Crippen molar-refractivity contribution in [2.45, 2.75) is 75.5 Å². The number of benzene rings is 2. The van der Waals surface area contributed by atoms with Crippen molar-refractivity contribution in [3.05, 3.63) is 71.8 Å². The Hall–Kier alpha value is -1.56. The van der Waals surface area contributed by atoms with Crippen LogP contribution < -0.4 is 0 Å². The van der Waals surface area contributed by atoms with Gasteiger partial charge in [-0.2, -0.15) is 0 Å². The molecule has 25 heavy (non-hydrogen) atoms. The van der Waals surface area contributed by atoms with E-state index < -0.39 is 0 Å². The van der Waals surface area contributed by atoms with Gasteiger partial charge in [-0.1, -0.05) is 99.2 Å². The maximum atomic E-state index is 2.42. The second kappa shape index (κ2) is 7.77. The molecule has 2 aromatic rings. The van der Waals surface area contributed by atoms with Gasteiger partial charge in [0.05, 0.1) is 0 Å². The maximum Gasteiger partial charge on any atom is 0.00243 e. The first-order valence-electron chi connectivity index (χ1n) is 10.5. The van der Waals surface area contributed by atoms with Gasteiger partial charge in [0.1, 0.15) is 0 Å².